The highest BCUT2D eigenvalue weighted by Crippen LogP contribution is 2.13. The first-order valence-electron chi connectivity index (χ1n) is 4.16. The first-order valence-corrected chi connectivity index (χ1v) is 4.16. The summed E-state index contributed by atoms with van der Waals surface area (Å²) in [5, 5.41) is 2.87. The van der Waals surface area contributed by atoms with E-state index in [1.54, 1.807) is 0 Å². The lowest BCUT2D eigenvalue weighted by Crippen LogP contribution is -2.45. The number of carbonyl (C=O) groups excluding carboxylic acids is 1. The monoisotopic (exact) mass is 156 g/mol. The summed E-state index contributed by atoms with van der Waals surface area (Å²) in [7, 11) is 0. The zero-order chi connectivity index (χ0) is 8.43. The van der Waals surface area contributed by atoms with Gasteiger partial charge in [-0.05, 0) is 12.3 Å². The van der Waals surface area contributed by atoms with Crippen molar-refractivity contribution in [3.63, 3.8) is 0 Å². The van der Waals surface area contributed by atoms with E-state index < -0.39 is 0 Å². The predicted molar refractivity (Wildman–Crippen MR) is 44.0 cm³/mol. The van der Waals surface area contributed by atoms with Gasteiger partial charge in [-0.2, -0.15) is 0 Å². The van der Waals surface area contributed by atoms with Crippen molar-refractivity contribution in [3.8, 4) is 0 Å². The van der Waals surface area contributed by atoms with E-state index in [4.69, 9.17) is 5.73 Å². The normalized spacial score (nSPS) is 27.3. The highest BCUT2D eigenvalue weighted by atomic mass is 16.1. The standard InChI is InChI=1S/C8H16N2O/c1-5(2)8(9)6-3-4-7(11)10-6/h5-6,8H,3-4,9H2,1-2H3,(H,10,11). The molecular formula is C8H16N2O. The van der Waals surface area contributed by atoms with Gasteiger partial charge in [0.05, 0.1) is 0 Å². The van der Waals surface area contributed by atoms with E-state index in [2.05, 4.69) is 19.2 Å². The maximum absolute atomic E-state index is 10.8. The van der Waals surface area contributed by atoms with Crippen LogP contribution in [0.15, 0.2) is 0 Å². The summed E-state index contributed by atoms with van der Waals surface area (Å²) >= 11 is 0. The molecule has 0 aromatic rings. The van der Waals surface area contributed by atoms with Crippen LogP contribution < -0.4 is 11.1 Å². The number of amides is 1. The molecule has 0 bridgehead atoms. The molecule has 1 fully saturated rings. The fourth-order valence-corrected chi connectivity index (χ4v) is 1.39. The van der Waals surface area contributed by atoms with Gasteiger partial charge in [0.15, 0.2) is 0 Å². The number of rotatable bonds is 2. The van der Waals surface area contributed by atoms with Crippen LogP contribution in [0.5, 0.6) is 0 Å². The fourth-order valence-electron chi connectivity index (χ4n) is 1.39. The van der Waals surface area contributed by atoms with Crippen LogP contribution in [0.3, 0.4) is 0 Å². The van der Waals surface area contributed by atoms with Crippen molar-refractivity contribution in [2.45, 2.75) is 38.8 Å². The Labute approximate surface area is 67.3 Å². The van der Waals surface area contributed by atoms with Gasteiger partial charge >= 0.3 is 0 Å². The first-order chi connectivity index (χ1) is 5.11. The molecule has 64 valence electrons. The Bertz CT molecular complexity index is 156. The summed E-state index contributed by atoms with van der Waals surface area (Å²) in [4.78, 5) is 10.8. The lowest BCUT2D eigenvalue weighted by Gasteiger charge is -2.22. The summed E-state index contributed by atoms with van der Waals surface area (Å²) in [5.74, 6) is 0.588. The highest BCUT2D eigenvalue weighted by molar-refractivity contribution is 5.78. The minimum Gasteiger partial charge on any atom is -0.352 e. The van der Waals surface area contributed by atoms with Crippen molar-refractivity contribution < 1.29 is 4.79 Å². The molecule has 1 aliphatic rings. The highest BCUT2D eigenvalue weighted by Gasteiger charge is 2.27. The summed E-state index contributed by atoms with van der Waals surface area (Å²) in [5.41, 5.74) is 5.87. The molecule has 3 N–H and O–H groups in total. The number of carbonyl (C=O) groups is 1. The lowest BCUT2D eigenvalue weighted by molar-refractivity contribution is -0.119. The van der Waals surface area contributed by atoms with Crippen LogP contribution in [0.25, 0.3) is 0 Å². The van der Waals surface area contributed by atoms with Crippen molar-refractivity contribution in [1.82, 2.24) is 5.32 Å². The third-order valence-corrected chi connectivity index (χ3v) is 2.26. The van der Waals surface area contributed by atoms with Gasteiger partial charge < -0.3 is 11.1 Å². The maximum atomic E-state index is 10.8. The van der Waals surface area contributed by atoms with Gasteiger partial charge in [0.1, 0.15) is 0 Å². The lowest BCUT2D eigenvalue weighted by atomic mass is 9.96. The van der Waals surface area contributed by atoms with E-state index in [0.29, 0.717) is 12.3 Å². The molecule has 2 unspecified atom stereocenters. The smallest absolute Gasteiger partial charge is 0.220 e. The van der Waals surface area contributed by atoms with Crippen LogP contribution >= 0.6 is 0 Å². The van der Waals surface area contributed by atoms with E-state index >= 15 is 0 Å². The van der Waals surface area contributed by atoms with Crippen molar-refractivity contribution in [2.75, 3.05) is 0 Å². The summed E-state index contributed by atoms with van der Waals surface area (Å²) < 4.78 is 0. The van der Waals surface area contributed by atoms with Crippen LogP contribution in [0.1, 0.15) is 26.7 Å². The molecule has 0 aromatic carbocycles. The van der Waals surface area contributed by atoms with Gasteiger partial charge in [0.2, 0.25) is 5.91 Å². The Balaban J connectivity index is 2.43. The average Bonchev–Trinajstić information content (AvgIpc) is 2.34. The fraction of sp³-hybridized carbons (Fsp3) is 0.875. The number of hydrogen-bond donors (Lipinski definition) is 2. The van der Waals surface area contributed by atoms with Gasteiger partial charge in [-0.1, -0.05) is 13.8 Å². The molecule has 0 aliphatic carbocycles. The topological polar surface area (TPSA) is 55.1 Å². The second-order valence-electron chi connectivity index (χ2n) is 3.53. The second kappa shape index (κ2) is 3.22. The van der Waals surface area contributed by atoms with E-state index in [9.17, 15) is 4.79 Å². The largest absolute Gasteiger partial charge is 0.352 e. The van der Waals surface area contributed by atoms with Crippen molar-refractivity contribution in [3.05, 3.63) is 0 Å². The van der Waals surface area contributed by atoms with E-state index in [1.165, 1.54) is 0 Å². The maximum Gasteiger partial charge on any atom is 0.220 e. The molecule has 1 amide bonds. The Morgan fingerprint density at radius 3 is 2.64 bits per heavy atom. The molecule has 0 radical (unpaired) electrons. The summed E-state index contributed by atoms with van der Waals surface area (Å²) in [6.07, 6.45) is 1.54. The van der Waals surface area contributed by atoms with Gasteiger partial charge in [-0.25, -0.2) is 0 Å². The number of nitrogens with two attached hydrogens (primary N) is 1. The second-order valence-corrected chi connectivity index (χ2v) is 3.53. The Hall–Kier alpha value is -0.570. The van der Waals surface area contributed by atoms with Crippen LogP contribution in [-0.2, 0) is 4.79 Å². The quantitative estimate of drug-likeness (QED) is 0.602. The molecule has 3 nitrogen and oxygen atoms in total. The molecule has 0 spiro atoms. The molecule has 0 saturated carbocycles. The SMILES string of the molecule is CC(C)C(N)C1CCC(=O)N1. The minimum absolute atomic E-state index is 0.112. The van der Waals surface area contributed by atoms with Gasteiger partial charge in [0, 0.05) is 18.5 Å². The van der Waals surface area contributed by atoms with E-state index in [1.807, 2.05) is 0 Å². The molecule has 1 saturated heterocycles. The van der Waals surface area contributed by atoms with Gasteiger partial charge in [0.25, 0.3) is 0 Å². The molecule has 3 heteroatoms. The zero-order valence-corrected chi connectivity index (χ0v) is 7.13. The van der Waals surface area contributed by atoms with Gasteiger partial charge in [-0.15, -0.1) is 0 Å². The number of nitrogens with one attached hydrogen (secondary N) is 1. The molecule has 2 atom stereocenters. The molecule has 1 aliphatic heterocycles. The summed E-state index contributed by atoms with van der Waals surface area (Å²) in [6, 6.07) is 0.323. The van der Waals surface area contributed by atoms with Crippen molar-refractivity contribution in [1.29, 1.82) is 0 Å². The first kappa shape index (κ1) is 8.53. The Morgan fingerprint density at radius 1 is 1.64 bits per heavy atom. The molecule has 1 rings (SSSR count). The summed E-state index contributed by atoms with van der Waals surface area (Å²) in [6.45, 7) is 4.16. The molecular weight excluding hydrogens is 140 g/mol. The number of hydrogen-bond acceptors (Lipinski definition) is 2. The van der Waals surface area contributed by atoms with E-state index in [-0.39, 0.29) is 18.0 Å². The molecule has 1 heterocycles. The van der Waals surface area contributed by atoms with Crippen LogP contribution in [0.2, 0.25) is 0 Å². The molecule has 11 heavy (non-hydrogen) atoms. The van der Waals surface area contributed by atoms with Crippen LogP contribution in [0.4, 0.5) is 0 Å². The van der Waals surface area contributed by atoms with Crippen LogP contribution in [-0.4, -0.2) is 18.0 Å². The van der Waals surface area contributed by atoms with Gasteiger partial charge in [-0.3, -0.25) is 4.79 Å². The average molecular weight is 156 g/mol. The minimum atomic E-state index is 0.112. The predicted octanol–water partition coefficient (Wildman–Crippen LogP) is 0.248. The van der Waals surface area contributed by atoms with Crippen LogP contribution in [0, 0.1) is 5.92 Å². The Kier molecular flexibility index (Phi) is 2.49. The Morgan fingerprint density at radius 2 is 2.27 bits per heavy atom. The van der Waals surface area contributed by atoms with Crippen molar-refractivity contribution in [2.24, 2.45) is 11.7 Å². The van der Waals surface area contributed by atoms with E-state index in [0.717, 1.165) is 6.42 Å². The third-order valence-electron chi connectivity index (χ3n) is 2.26. The molecule has 0 aromatic heterocycles. The zero-order valence-electron chi connectivity index (χ0n) is 7.13. The van der Waals surface area contributed by atoms with Crippen molar-refractivity contribution >= 4 is 5.91 Å². The third kappa shape index (κ3) is 1.93.